The van der Waals surface area contributed by atoms with E-state index in [-0.39, 0.29) is 10.5 Å². The van der Waals surface area contributed by atoms with Gasteiger partial charge in [0.05, 0.1) is 5.41 Å². The molecule has 0 radical (unpaired) electrons. The zero-order valence-corrected chi connectivity index (χ0v) is 21.2. The fourth-order valence-electron chi connectivity index (χ4n) is 5.33. The van der Waals surface area contributed by atoms with Crippen molar-refractivity contribution in [3.63, 3.8) is 0 Å². The molecule has 4 rings (SSSR count). The van der Waals surface area contributed by atoms with Crippen LogP contribution in [0.3, 0.4) is 0 Å². The molecular weight excluding hydrogens is 402 g/mol. The molecule has 0 atom stereocenters. The third-order valence-corrected chi connectivity index (χ3v) is 13.1. The molecule has 1 aromatic rings. The Labute approximate surface area is 189 Å². The number of hydrogen-bond donors (Lipinski definition) is 0. The average Bonchev–Trinajstić information content (AvgIpc) is 3.04. The predicted octanol–water partition coefficient (Wildman–Crippen LogP) is 6.27. The molecule has 0 N–H and O–H groups in total. The molecule has 3 aliphatic rings. The number of benzene rings is 1. The first-order valence-electron chi connectivity index (χ1n) is 12.3. The molecule has 0 bridgehead atoms. The van der Waals surface area contributed by atoms with Gasteiger partial charge in [-0.25, -0.2) is 0 Å². The Morgan fingerprint density at radius 1 is 1.00 bits per heavy atom. The minimum Gasteiger partial charge on any atom is -0.414 e. The van der Waals surface area contributed by atoms with Crippen LogP contribution in [0.1, 0.15) is 77.2 Å². The van der Waals surface area contributed by atoms with Gasteiger partial charge in [0.15, 0.2) is 8.32 Å². The van der Waals surface area contributed by atoms with Crippen molar-refractivity contribution in [1.82, 2.24) is 0 Å². The predicted molar refractivity (Wildman–Crippen MR) is 129 cm³/mol. The number of hydrogen-bond acceptors (Lipinski definition) is 3. The van der Waals surface area contributed by atoms with Gasteiger partial charge in [-0.1, -0.05) is 32.9 Å². The van der Waals surface area contributed by atoms with Gasteiger partial charge in [0.1, 0.15) is 0 Å². The van der Waals surface area contributed by atoms with Crippen LogP contribution in [-0.2, 0) is 14.0 Å². The molecule has 4 nitrogen and oxygen atoms in total. The van der Waals surface area contributed by atoms with Crippen LogP contribution < -0.4 is 4.90 Å². The Kier molecular flexibility index (Phi) is 6.41. The third kappa shape index (κ3) is 4.65. The molecule has 3 fully saturated rings. The zero-order valence-electron chi connectivity index (χ0n) is 20.2. The van der Waals surface area contributed by atoms with Crippen LogP contribution in [-0.4, -0.2) is 40.1 Å². The van der Waals surface area contributed by atoms with Gasteiger partial charge in [0, 0.05) is 31.5 Å². The van der Waals surface area contributed by atoms with Crippen molar-refractivity contribution >= 4 is 19.9 Å². The average molecular weight is 444 g/mol. The van der Waals surface area contributed by atoms with Gasteiger partial charge in [-0.3, -0.25) is 4.79 Å². The number of rotatable bonds is 4. The molecule has 0 unspecified atom stereocenters. The van der Waals surface area contributed by atoms with E-state index >= 15 is 0 Å². The van der Waals surface area contributed by atoms with Crippen molar-refractivity contribution in [1.29, 1.82) is 0 Å². The van der Waals surface area contributed by atoms with Gasteiger partial charge < -0.3 is 14.1 Å². The minimum atomic E-state index is -1.69. The number of amides is 1. The van der Waals surface area contributed by atoms with E-state index in [0.717, 1.165) is 57.6 Å². The molecule has 1 aliphatic carbocycles. The third-order valence-electron chi connectivity index (χ3n) is 8.58. The van der Waals surface area contributed by atoms with Crippen molar-refractivity contribution < 1.29 is 14.0 Å². The Balaban J connectivity index is 1.34. The summed E-state index contributed by atoms with van der Waals surface area (Å²) >= 11 is 0. The minimum absolute atomic E-state index is 0.167. The van der Waals surface area contributed by atoms with E-state index in [1.165, 1.54) is 18.4 Å². The van der Waals surface area contributed by atoms with Crippen LogP contribution in [0.25, 0.3) is 0 Å². The van der Waals surface area contributed by atoms with E-state index in [1.54, 1.807) is 0 Å². The van der Waals surface area contributed by atoms with E-state index in [1.807, 2.05) is 4.90 Å². The topological polar surface area (TPSA) is 38.8 Å². The molecular formula is C26H41NO3Si. The van der Waals surface area contributed by atoms with Crippen molar-refractivity contribution in [3.05, 3.63) is 29.8 Å². The van der Waals surface area contributed by atoms with E-state index < -0.39 is 8.32 Å². The summed E-state index contributed by atoms with van der Waals surface area (Å²) in [6, 6.07) is 8.86. The summed E-state index contributed by atoms with van der Waals surface area (Å²) in [7, 11) is -1.69. The maximum atomic E-state index is 13.1. The zero-order chi connectivity index (χ0) is 22.3. The number of anilines is 1. The van der Waals surface area contributed by atoms with E-state index in [4.69, 9.17) is 9.16 Å². The molecule has 1 saturated carbocycles. The summed E-state index contributed by atoms with van der Waals surface area (Å²) in [5, 5.41) is 0.274. The maximum absolute atomic E-state index is 13.1. The number of nitrogens with zero attached hydrogens (tertiary/aromatic N) is 1. The quantitative estimate of drug-likeness (QED) is 0.515. The van der Waals surface area contributed by atoms with Gasteiger partial charge in [-0.05, 0) is 86.7 Å². The van der Waals surface area contributed by atoms with Gasteiger partial charge in [-0.2, -0.15) is 0 Å². The Bertz CT molecular complexity index is 769. The summed E-state index contributed by atoms with van der Waals surface area (Å²) in [5.41, 5.74) is 2.31. The number of carbonyl (C=O) groups excluding carboxylic acids is 1. The highest BCUT2D eigenvalue weighted by atomic mass is 28.4. The molecule has 1 amide bonds. The molecule has 2 aliphatic heterocycles. The van der Waals surface area contributed by atoms with Gasteiger partial charge >= 0.3 is 0 Å². The van der Waals surface area contributed by atoms with E-state index in [9.17, 15) is 4.79 Å². The van der Waals surface area contributed by atoms with Crippen molar-refractivity contribution in [2.75, 3.05) is 24.7 Å². The Hall–Kier alpha value is -1.17. The van der Waals surface area contributed by atoms with Crippen LogP contribution >= 0.6 is 0 Å². The second-order valence-electron chi connectivity index (χ2n) is 11.5. The first kappa shape index (κ1) is 23.0. The second-order valence-corrected chi connectivity index (χ2v) is 16.3. The highest BCUT2D eigenvalue weighted by Crippen LogP contribution is 2.44. The molecule has 1 aromatic carbocycles. The van der Waals surface area contributed by atoms with Crippen LogP contribution in [0.2, 0.25) is 18.1 Å². The van der Waals surface area contributed by atoms with Crippen molar-refractivity contribution in [2.24, 2.45) is 5.41 Å². The first-order chi connectivity index (χ1) is 14.6. The molecule has 2 heterocycles. The number of ether oxygens (including phenoxy) is 1. The van der Waals surface area contributed by atoms with Crippen LogP contribution in [0.5, 0.6) is 0 Å². The molecule has 5 heteroatoms. The van der Waals surface area contributed by atoms with E-state index in [0.29, 0.717) is 17.9 Å². The van der Waals surface area contributed by atoms with Crippen molar-refractivity contribution in [3.8, 4) is 0 Å². The lowest BCUT2D eigenvalue weighted by Gasteiger charge is -2.41. The fraction of sp³-hybridized carbons (Fsp3) is 0.731. The molecule has 172 valence electrons. The smallest absolute Gasteiger partial charge is 0.233 e. The second kappa shape index (κ2) is 8.64. The lowest BCUT2D eigenvalue weighted by Crippen LogP contribution is -2.44. The number of carbonyl (C=O) groups is 1. The van der Waals surface area contributed by atoms with Crippen molar-refractivity contribution in [2.45, 2.75) is 95.9 Å². The fourth-order valence-corrected chi connectivity index (χ4v) is 6.75. The van der Waals surface area contributed by atoms with E-state index in [2.05, 4.69) is 58.1 Å². The highest BCUT2D eigenvalue weighted by molar-refractivity contribution is 6.74. The standard InChI is InChI=1S/C26H41NO3Si/c1-25(2,3)31(4,5)30-23-12-8-21(9-13-23)20-6-10-22(11-7-20)27-17-14-26(24(27)28)15-18-29-19-16-26/h6-7,10-11,21,23H,8-9,12-19H2,1-5H3/t21-,23+. The lowest BCUT2D eigenvalue weighted by molar-refractivity contribution is -0.130. The molecule has 2 saturated heterocycles. The molecule has 1 spiro atoms. The SMILES string of the molecule is CC(C)(C)[Si](C)(C)O[C@H]1CC[C@@H](c2ccc(N3CCC4(CCOCC4)C3=O)cc2)CC1. The van der Waals surface area contributed by atoms with Gasteiger partial charge in [-0.15, -0.1) is 0 Å². The monoisotopic (exact) mass is 443 g/mol. The Morgan fingerprint density at radius 3 is 2.19 bits per heavy atom. The van der Waals surface area contributed by atoms with Crippen LogP contribution in [0.4, 0.5) is 5.69 Å². The summed E-state index contributed by atoms with van der Waals surface area (Å²) in [4.78, 5) is 15.2. The van der Waals surface area contributed by atoms with Gasteiger partial charge in [0.2, 0.25) is 5.91 Å². The Morgan fingerprint density at radius 2 is 1.61 bits per heavy atom. The normalized spacial score (nSPS) is 27.1. The summed E-state index contributed by atoms with van der Waals surface area (Å²) in [5.74, 6) is 0.927. The highest BCUT2D eigenvalue weighted by Gasteiger charge is 2.47. The maximum Gasteiger partial charge on any atom is 0.233 e. The van der Waals surface area contributed by atoms with Crippen LogP contribution in [0, 0.1) is 5.41 Å². The lowest BCUT2D eigenvalue weighted by atomic mass is 9.79. The molecule has 0 aromatic heterocycles. The summed E-state index contributed by atoms with van der Waals surface area (Å²) < 4.78 is 12.2. The summed E-state index contributed by atoms with van der Waals surface area (Å²) in [6.45, 7) is 14.0. The largest absolute Gasteiger partial charge is 0.414 e. The summed E-state index contributed by atoms with van der Waals surface area (Å²) in [6.07, 6.45) is 7.86. The first-order valence-corrected chi connectivity index (χ1v) is 15.2. The molecule has 31 heavy (non-hydrogen) atoms. The van der Waals surface area contributed by atoms with Gasteiger partial charge in [0.25, 0.3) is 0 Å². The van der Waals surface area contributed by atoms with Crippen LogP contribution in [0.15, 0.2) is 24.3 Å².